The summed E-state index contributed by atoms with van der Waals surface area (Å²) in [5.74, 6) is 0. The highest BCUT2D eigenvalue weighted by molar-refractivity contribution is 7.89. The van der Waals surface area contributed by atoms with Gasteiger partial charge in [0.1, 0.15) is 4.90 Å². The predicted octanol–water partition coefficient (Wildman–Crippen LogP) is 1.05. The lowest BCUT2D eigenvalue weighted by molar-refractivity contribution is 0.574. The third kappa shape index (κ3) is 3.77. The van der Waals surface area contributed by atoms with Gasteiger partial charge in [-0.25, -0.2) is 13.1 Å². The average molecular weight is 286 g/mol. The van der Waals surface area contributed by atoms with Crippen LogP contribution in [0, 0.1) is 6.92 Å². The van der Waals surface area contributed by atoms with E-state index in [0.29, 0.717) is 35.4 Å². The first-order chi connectivity index (χ1) is 9.04. The number of sulfonamides is 1. The molecule has 0 spiro atoms. The minimum Gasteiger partial charge on any atom is -0.308 e. The van der Waals surface area contributed by atoms with Crippen LogP contribution in [0.15, 0.2) is 4.90 Å². The molecule has 0 unspecified atom stereocenters. The molecule has 0 radical (unpaired) electrons. The Hall–Kier alpha value is -0.920. The number of rotatable bonds is 8. The van der Waals surface area contributed by atoms with Crippen molar-refractivity contribution in [3.63, 3.8) is 0 Å². The van der Waals surface area contributed by atoms with Crippen molar-refractivity contribution in [3.8, 4) is 0 Å². The topological polar surface area (TPSA) is 86.9 Å². The third-order valence-electron chi connectivity index (χ3n) is 3.19. The van der Waals surface area contributed by atoms with Crippen LogP contribution < -0.4 is 10.0 Å². The zero-order chi connectivity index (χ0) is 13.9. The van der Waals surface area contributed by atoms with Gasteiger partial charge in [-0.2, -0.15) is 5.10 Å². The van der Waals surface area contributed by atoms with Crippen LogP contribution in [0.4, 0.5) is 0 Å². The molecule has 108 valence electrons. The van der Waals surface area contributed by atoms with E-state index in [1.165, 1.54) is 12.8 Å². The van der Waals surface area contributed by atoms with Gasteiger partial charge in [0.2, 0.25) is 10.0 Å². The van der Waals surface area contributed by atoms with Gasteiger partial charge in [-0.15, -0.1) is 0 Å². The lowest BCUT2D eigenvalue weighted by Gasteiger charge is -2.08. The van der Waals surface area contributed by atoms with Crippen LogP contribution in [0.3, 0.4) is 0 Å². The van der Waals surface area contributed by atoms with Gasteiger partial charge >= 0.3 is 0 Å². The summed E-state index contributed by atoms with van der Waals surface area (Å²) in [4.78, 5) is 0.303. The number of hydrogen-bond acceptors (Lipinski definition) is 4. The maximum atomic E-state index is 12.3. The molecule has 1 fully saturated rings. The Bertz CT molecular complexity index is 520. The Balaban J connectivity index is 2.09. The van der Waals surface area contributed by atoms with E-state index in [1.54, 1.807) is 6.92 Å². The van der Waals surface area contributed by atoms with E-state index in [2.05, 4.69) is 20.2 Å². The van der Waals surface area contributed by atoms with Gasteiger partial charge in [-0.05, 0) is 26.2 Å². The Morgan fingerprint density at radius 1 is 1.42 bits per heavy atom. The summed E-state index contributed by atoms with van der Waals surface area (Å²) < 4.78 is 27.2. The molecule has 1 aliphatic rings. The minimum atomic E-state index is -3.46. The van der Waals surface area contributed by atoms with Gasteiger partial charge in [-0.3, -0.25) is 5.10 Å². The molecule has 7 heteroatoms. The number of aromatic amines is 1. The monoisotopic (exact) mass is 286 g/mol. The van der Waals surface area contributed by atoms with E-state index in [0.717, 1.165) is 12.8 Å². The molecular weight excluding hydrogens is 264 g/mol. The van der Waals surface area contributed by atoms with Crippen molar-refractivity contribution in [1.82, 2.24) is 20.2 Å². The molecule has 1 aliphatic carbocycles. The molecule has 0 aliphatic heterocycles. The van der Waals surface area contributed by atoms with E-state index in [-0.39, 0.29) is 0 Å². The summed E-state index contributed by atoms with van der Waals surface area (Å²) in [5, 5.41) is 10.2. The minimum absolute atomic E-state index is 0.303. The maximum absolute atomic E-state index is 12.3. The first-order valence-corrected chi connectivity index (χ1v) is 8.29. The van der Waals surface area contributed by atoms with Gasteiger partial charge in [0.25, 0.3) is 0 Å². The number of unbranched alkanes of at least 4 members (excludes halogenated alkanes) is 1. The van der Waals surface area contributed by atoms with Gasteiger partial charge in [0, 0.05) is 19.1 Å². The summed E-state index contributed by atoms with van der Waals surface area (Å²) >= 11 is 0. The van der Waals surface area contributed by atoms with E-state index < -0.39 is 10.0 Å². The fraction of sp³-hybridized carbons (Fsp3) is 0.750. The lowest BCUT2D eigenvalue weighted by Crippen LogP contribution is -2.27. The number of aryl methyl sites for hydroxylation is 1. The first-order valence-electron chi connectivity index (χ1n) is 6.81. The summed E-state index contributed by atoms with van der Waals surface area (Å²) in [6.07, 6.45) is 4.13. The molecule has 1 aromatic rings. The van der Waals surface area contributed by atoms with Gasteiger partial charge in [-0.1, -0.05) is 13.3 Å². The Morgan fingerprint density at radius 2 is 2.16 bits per heavy atom. The van der Waals surface area contributed by atoms with Crippen LogP contribution in [-0.4, -0.2) is 31.2 Å². The summed E-state index contributed by atoms with van der Waals surface area (Å²) in [7, 11) is -3.46. The molecule has 0 amide bonds. The first kappa shape index (κ1) is 14.5. The molecular formula is C12H22N4O2S. The second kappa shape index (κ2) is 6.02. The fourth-order valence-corrected chi connectivity index (χ4v) is 3.36. The zero-order valence-corrected chi connectivity index (χ0v) is 12.3. The fourth-order valence-electron chi connectivity index (χ4n) is 1.93. The summed E-state index contributed by atoms with van der Waals surface area (Å²) in [6, 6.07) is 0.528. The largest absolute Gasteiger partial charge is 0.308 e. The molecule has 19 heavy (non-hydrogen) atoms. The Labute approximate surface area is 114 Å². The SMILES string of the molecule is CCCCNS(=O)(=O)c1c(CNC2CC2)n[nH]c1C. The molecule has 0 saturated heterocycles. The van der Waals surface area contributed by atoms with Crippen LogP contribution >= 0.6 is 0 Å². The number of H-pyrrole nitrogens is 1. The standard InChI is InChI=1S/C12H22N4O2S/c1-3-4-7-14-19(17,18)12-9(2)15-16-11(12)8-13-10-5-6-10/h10,13-14H,3-8H2,1-2H3,(H,15,16). The van der Waals surface area contributed by atoms with Crippen molar-refractivity contribution in [2.75, 3.05) is 6.54 Å². The van der Waals surface area contributed by atoms with E-state index in [4.69, 9.17) is 0 Å². The quantitative estimate of drug-likeness (QED) is 0.623. The van der Waals surface area contributed by atoms with Gasteiger partial charge in [0.05, 0.1) is 11.4 Å². The predicted molar refractivity (Wildman–Crippen MR) is 73.3 cm³/mol. The summed E-state index contributed by atoms with van der Waals surface area (Å²) in [5.41, 5.74) is 1.17. The zero-order valence-electron chi connectivity index (χ0n) is 11.5. The third-order valence-corrected chi connectivity index (χ3v) is 4.85. The number of nitrogens with one attached hydrogen (secondary N) is 3. The number of nitrogens with zero attached hydrogens (tertiary/aromatic N) is 1. The highest BCUT2D eigenvalue weighted by Crippen LogP contribution is 2.21. The van der Waals surface area contributed by atoms with Crippen molar-refractivity contribution in [1.29, 1.82) is 0 Å². The smallest absolute Gasteiger partial charge is 0.244 e. The van der Waals surface area contributed by atoms with Crippen molar-refractivity contribution in [2.45, 2.75) is 57.0 Å². The molecule has 1 saturated carbocycles. The van der Waals surface area contributed by atoms with Crippen LogP contribution in [0.25, 0.3) is 0 Å². The van der Waals surface area contributed by atoms with Gasteiger partial charge in [0.15, 0.2) is 0 Å². The van der Waals surface area contributed by atoms with Gasteiger partial charge < -0.3 is 5.32 Å². The summed E-state index contributed by atoms with van der Waals surface area (Å²) in [6.45, 7) is 4.74. The van der Waals surface area contributed by atoms with Crippen LogP contribution in [0.5, 0.6) is 0 Å². The second-order valence-corrected chi connectivity index (χ2v) is 6.73. The van der Waals surface area contributed by atoms with Crippen molar-refractivity contribution < 1.29 is 8.42 Å². The van der Waals surface area contributed by atoms with Crippen LogP contribution in [0.2, 0.25) is 0 Å². The highest BCUT2D eigenvalue weighted by atomic mass is 32.2. The van der Waals surface area contributed by atoms with E-state index in [9.17, 15) is 8.42 Å². The molecule has 1 heterocycles. The van der Waals surface area contributed by atoms with E-state index in [1.807, 2.05) is 6.92 Å². The highest BCUT2D eigenvalue weighted by Gasteiger charge is 2.26. The number of aromatic nitrogens is 2. The molecule has 6 nitrogen and oxygen atoms in total. The molecule has 0 bridgehead atoms. The van der Waals surface area contributed by atoms with Crippen molar-refractivity contribution in [3.05, 3.63) is 11.4 Å². The van der Waals surface area contributed by atoms with E-state index >= 15 is 0 Å². The van der Waals surface area contributed by atoms with Crippen molar-refractivity contribution >= 4 is 10.0 Å². The molecule has 0 aromatic carbocycles. The molecule has 2 rings (SSSR count). The number of hydrogen-bond donors (Lipinski definition) is 3. The normalized spacial score (nSPS) is 15.9. The Kier molecular flexibility index (Phi) is 4.59. The lowest BCUT2D eigenvalue weighted by atomic mass is 10.3. The average Bonchev–Trinajstić information content (AvgIpc) is 3.10. The maximum Gasteiger partial charge on any atom is 0.244 e. The second-order valence-electron chi connectivity index (χ2n) is 5.03. The molecule has 3 N–H and O–H groups in total. The Morgan fingerprint density at radius 3 is 2.79 bits per heavy atom. The van der Waals surface area contributed by atoms with Crippen molar-refractivity contribution in [2.24, 2.45) is 0 Å². The van der Waals surface area contributed by atoms with Crippen LogP contribution in [-0.2, 0) is 16.6 Å². The van der Waals surface area contributed by atoms with Crippen LogP contribution in [0.1, 0.15) is 44.0 Å². The molecule has 0 atom stereocenters. The molecule has 1 aromatic heterocycles.